The van der Waals surface area contributed by atoms with Crippen molar-refractivity contribution >= 4 is 23.2 Å². The van der Waals surface area contributed by atoms with Crippen LogP contribution in [0.4, 0.5) is 5.69 Å². The van der Waals surface area contributed by atoms with E-state index in [2.05, 4.69) is 29.5 Å². The second-order valence-corrected chi connectivity index (χ2v) is 7.06. The second-order valence-electron chi connectivity index (χ2n) is 7.06. The van der Waals surface area contributed by atoms with Gasteiger partial charge in [-0.05, 0) is 42.5 Å². The summed E-state index contributed by atoms with van der Waals surface area (Å²) in [4.78, 5) is 25.0. The number of anilines is 1. The van der Waals surface area contributed by atoms with Crippen molar-refractivity contribution in [2.75, 3.05) is 11.6 Å². The average molecular weight is 363 g/mol. The normalized spacial score (nSPS) is 15.3. The van der Waals surface area contributed by atoms with Gasteiger partial charge in [0.1, 0.15) is 5.71 Å². The van der Waals surface area contributed by atoms with Crippen molar-refractivity contribution in [2.45, 2.75) is 39.5 Å². The zero-order chi connectivity index (χ0) is 19.4. The molecule has 1 heterocycles. The lowest BCUT2D eigenvalue weighted by Crippen LogP contribution is -2.40. The number of rotatable bonds is 5. The molecular formula is C22H25N3O2. The maximum atomic E-state index is 12.6. The van der Waals surface area contributed by atoms with Gasteiger partial charge in [-0.15, -0.1) is 0 Å². The monoisotopic (exact) mass is 363 g/mol. The highest BCUT2D eigenvalue weighted by Crippen LogP contribution is 2.25. The SMILES string of the molecule is Cc1ccc(C)c(N2N=C(C(=O)NC[C@@H](C)c3ccccc3)CCC2=O)c1. The maximum absolute atomic E-state index is 12.6. The minimum Gasteiger partial charge on any atom is -0.350 e. The van der Waals surface area contributed by atoms with Gasteiger partial charge in [-0.2, -0.15) is 5.10 Å². The number of hydrogen-bond acceptors (Lipinski definition) is 3. The molecule has 140 valence electrons. The van der Waals surface area contributed by atoms with E-state index < -0.39 is 0 Å². The van der Waals surface area contributed by atoms with Gasteiger partial charge in [-0.25, -0.2) is 5.01 Å². The fourth-order valence-corrected chi connectivity index (χ4v) is 3.10. The van der Waals surface area contributed by atoms with Gasteiger partial charge >= 0.3 is 0 Å². The number of nitrogens with zero attached hydrogens (tertiary/aromatic N) is 2. The van der Waals surface area contributed by atoms with E-state index in [0.717, 1.165) is 16.8 Å². The third kappa shape index (κ3) is 4.42. The number of carbonyl (C=O) groups excluding carboxylic acids is 2. The standard InChI is InChI=1S/C22H25N3O2/c1-15-9-10-16(2)20(13-15)25-21(26)12-11-19(24-25)22(27)23-14-17(3)18-7-5-4-6-8-18/h4-10,13,17H,11-12,14H2,1-3H3,(H,23,27)/t17-/m1/s1. The Labute approximate surface area is 160 Å². The number of hydrazone groups is 1. The van der Waals surface area contributed by atoms with Gasteiger partial charge in [-0.1, -0.05) is 49.4 Å². The van der Waals surface area contributed by atoms with Gasteiger partial charge in [0.2, 0.25) is 5.91 Å². The van der Waals surface area contributed by atoms with E-state index in [1.165, 1.54) is 10.6 Å². The molecule has 0 unspecified atom stereocenters. The molecular weight excluding hydrogens is 338 g/mol. The molecule has 0 saturated heterocycles. The molecule has 2 amide bonds. The van der Waals surface area contributed by atoms with Crippen molar-refractivity contribution in [2.24, 2.45) is 5.10 Å². The van der Waals surface area contributed by atoms with E-state index in [1.807, 2.05) is 50.2 Å². The largest absolute Gasteiger partial charge is 0.350 e. The maximum Gasteiger partial charge on any atom is 0.267 e. The van der Waals surface area contributed by atoms with Crippen molar-refractivity contribution in [1.82, 2.24) is 5.32 Å². The summed E-state index contributed by atoms with van der Waals surface area (Å²) >= 11 is 0. The number of benzene rings is 2. The summed E-state index contributed by atoms with van der Waals surface area (Å²) in [7, 11) is 0. The molecule has 5 heteroatoms. The topological polar surface area (TPSA) is 61.8 Å². The highest BCUT2D eigenvalue weighted by Gasteiger charge is 2.26. The first-order valence-electron chi connectivity index (χ1n) is 9.26. The van der Waals surface area contributed by atoms with Crippen LogP contribution in [-0.4, -0.2) is 24.1 Å². The molecule has 27 heavy (non-hydrogen) atoms. The molecule has 5 nitrogen and oxygen atoms in total. The Morgan fingerprint density at radius 1 is 1.15 bits per heavy atom. The van der Waals surface area contributed by atoms with Crippen LogP contribution >= 0.6 is 0 Å². The highest BCUT2D eigenvalue weighted by molar-refractivity contribution is 6.40. The molecule has 0 radical (unpaired) electrons. The Morgan fingerprint density at radius 2 is 1.89 bits per heavy atom. The van der Waals surface area contributed by atoms with Gasteiger partial charge in [0.05, 0.1) is 5.69 Å². The lowest BCUT2D eigenvalue weighted by molar-refractivity contribution is -0.119. The molecule has 2 aromatic rings. The van der Waals surface area contributed by atoms with E-state index in [0.29, 0.717) is 18.7 Å². The van der Waals surface area contributed by atoms with Crippen LogP contribution in [0.3, 0.4) is 0 Å². The number of nitrogens with one attached hydrogen (secondary N) is 1. The number of amides is 2. The summed E-state index contributed by atoms with van der Waals surface area (Å²) < 4.78 is 0. The number of aryl methyl sites for hydroxylation is 2. The Balaban J connectivity index is 1.72. The summed E-state index contributed by atoms with van der Waals surface area (Å²) in [5.74, 6) is -0.0883. The van der Waals surface area contributed by atoms with Gasteiger partial charge in [0.25, 0.3) is 5.91 Å². The number of carbonyl (C=O) groups is 2. The summed E-state index contributed by atoms with van der Waals surface area (Å²) in [6.45, 7) is 6.51. The second kappa shape index (κ2) is 8.16. The first kappa shape index (κ1) is 18.8. The van der Waals surface area contributed by atoms with Crippen molar-refractivity contribution < 1.29 is 9.59 Å². The highest BCUT2D eigenvalue weighted by atomic mass is 16.2. The van der Waals surface area contributed by atoms with Crippen LogP contribution in [0, 0.1) is 13.8 Å². The minimum atomic E-state index is -0.208. The molecule has 0 bridgehead atoms. The molecule has 2 aromatic carbocycles. The fourth-order valence-electron chi connectivity index (χ4n) is 3.10. The van der Waals surface area contributed by atoms with Crippen LogP contribution in [0.15, 0.2) is 53.6 Å². The fraction of sp³-hybridized carbons (Fsp3) is 0.318. The third-order valence-electron chi connectivity index (χ3n) is 4.82. The molecule has 0 aromatic heterocycles. The van der Waals surface area contributed by atoms with E-state index in [9.17, 15) is 9.59 Å². The molecule has 3 rings (SSSR count). The summed E-state index contributed by atoms with van der Waals surface area (Å²) in [5, 5.41) is 8.71. The predicted octanol–water partition coefficient (Wildman–Crippen LogP) is 3.71. The first-order chi connectivity index (χ1) is 13.0. The molecule has 1 aliphatic rings. The third-order valence-corrected chi connectivity index (χ3v) is 4.82. The Hall–Kier alpha value is -2.95. The minimum absolute atomic E-state index is 0.0853. The van der Waals surface area contributed by atoms with E-state index in [1.54, 1.807) is 0 Å². The lowest BCUT2D eigenvalue weighted by Gasteiger charge is -2.25. The van der Waals surface area contributed by atoms with Gasteiger partial charge in [0, 0.05) is 19.4 Å². The van der Waals surface area contributed by atoms with Crippen molar-refractivity contribution in [3.63, 3.8) is 0 Å². The first-order valence-corrected chi connectivity index (χ1v) is 9.26. The predicted molar refractivity (Wildman–Crippen MR) is 108 cm³/mol. The molecule has 0 fully saturated rings. The quantitative estimate of drug-likeness (QED) is 0.880. The van der Waals surface area contributed by atoms with Crippen molar-refractivity contribution in [3.8, 4) is 0 Å². The molecule has 1 N–H and O–H groups in total. The van der Waals surface area contributed by atoms with Crippen molar-refractivity contribution in [1.29, 1.82) is 0 Å². The molecule has 0 saturated carbocycles. The Bertz CT molecular complexity index is 874. The van der Waals surface area contributed by atoms with Crippen LogP contribution in [0.1, 0.15) is 42.4 Å². The van der Waals surface area contributed by atoms with Crippen LogP contribution in [-0.2, 0) is 9.59 Å². The average Bonchev–Trinajstić information content (AvgIpc) is 2.69. The summed E-state index contributed by atoms with van der Waals surface area (Å²) in [6, 6.07) is 15.9. The zero-order valence-corrected chi connectivity index (χ0v) is 16.0. The molecule has 1 aliphatic heterocycles. The summed E-state index contributed by atoms with van der Waals surface area (Å²) in [5.41, 5.74) is 4.32. The molecule has 0 spiro atoms. The molecule has 1 atom stereocenters. The number of hydrogen-bond donors (Lipinski definition) is 1. The van der Waals surface area contributed by atoms with Gasteiger partial charge < -0.3 is 5.32 Å². The van der Waals surface area contributed by atoms with Gasteiger partial charge in [0.15, 0.2) is 0 Å². The van der Waals surface area contributed by atoms with E-state index in [4.69, 9.17) is 0 Å². The Kier molecular flexibility index (Phi) is 5.69. The van der Waals surface area contributed by atoms with Crippen LogP contribution in [0.25, 0.3) is 0 Å². The van der Waals surface area contributed by atoms with Crippen LogP contribution < -0.4 is 10.3 Å². The Morgan fingerprint density at radius 3 is 2.63 bits per heavy atom. The van der Waals surface area contributed by atoms with Crippen LogP contribution in [0.5, 0.6) is 0 Å². The van der Waals surface area contributed by atoms with Crippen molar-refractivity contribution in [3.05, 3.63) is 65.2 Å². The van der Waals surface area contributed by atoms with Crippen LogP contribution in [0.2, 0.25) is 0 Å². The molecule has 0 aliphatic carbocycles. The van der Waals surface area contributed by atoms with Gasteiger partial charge in [-0.3, -0.25) is 9.59 Å². The smallest absolute Gasteiger partial charge is 0.267 e. The van der Waals surface area contributed by atoms with E-state index in [-0.39, 0.29) is 24.2 Å². The van der Waals surface area contributed by atoms with E-state index >= 15 is 0 Å². The summed E-state index contributed by atoms with van der Waals surface area (Å²) in [6.07, 6.45) is 0.652. The lowest BCUT2D eigenvalue weighted by atomic mass is 10.0. The zero-order valence-electron chi connectivity index (χ0n) is 16.0.